The van der Waals surface area contributed by atoms with E-state index < -0.39 is 17.3 Å². The summed E-state index contributed by atoms with van der Waals surface area (Å²) < 4.78 is 24.9. The van der Waals surface area contributed by atoms with Crippen molar-refractivity contribution in [3.05, 3.63) is 29.8 Å². The molecule has 118 valence electrons. The molecule has 1 atom stereocenters. The van der Waals surface area contributed by atoms with E-state index in [-0.39, 0.29) is 17.0 Å². The Morgan fingerprint density at radius 1 is 1.43 bits per heavy atom. The van der Waals surface area contributed by atoms with Crippen LogP contribution in [0.1, 0.15) is 17.3 Å². The molecule has 1 aromatic carbocycles. The normalized spacial score (nSPS) is 14.3. The minimum absolute atomic E-state index is 0.0394. The molecule has 0 aromatic heterocycles. The molecule has 4 nitrogen and oxygen atoms in total. The van der Waals surface area contributed by atoms with Crippen molar-refractivity contribution in [1.82, 2.24) is 10.2 Å². The van der Waals surface area contributed by atoms with Gasteiger partial charge in [-0.25, -0.2) is 0 Å². The van der Waals surface area contributed by atoms with Crippen LogP contribution in [0.5, 0.6) is 0 Å². The van der Waals surface area contributed by atoms with Crippen LogP contribution in [0.4, 0.5) is 8.78 Å². The van der Waals surface area contributed by atoms with Gasteiger partial charge in [0.25, 0.3) is 11.7 Å². The second-order valence-electron chi connectivity index (χ2n) is 5.29. The van der Waals surface area contributed by atoms with E-state index in [4.69, 9.17) is 0 Å². The highest BCUT2D eigenvalue weighted by Gasteiger charge is 2.23. The maximum Gasteiger partial charge on any atom is 0.288 e. The van der Waals surface area contributed by atoms with Gasteiger partial charge in [0.1, 0.15) is 0 Å². The fraction of sp³-hybridized carbons (Fsp3) is 0.500. The van der Waals surface area contributed by atoms with Gasteiger partial charge in [-0.2, -0.15) is 8.78 Å². The van der Waals surface area contributed by atoms with E-state index in [0.29, 0.717) is 18.3 Å². The second-order valence-corrected chi connectivity index (χ2v) is 6.32. The minimum atomic E-state index is -2.59. The Morgan fingerprint density at radius 3 is 2.62 bits per heavy atom. The summed E-state index contributed by atoms with van der Waals surface area (Å²) >= 11 is 0.332. The van der Waals surface area contributed by atoms with Crippen LogP contribution in [-0.4, -0.2) is 54.5 Å². The number of hydrogen-bond donors (Lipinski definition) is 2. The molecule has 0 fully saturated rings. The molecule has 0 radical (unpaired) electrons. The number of aliphatic hydroxyl groups is 1. The molecule has 21 heavy (non-hydrogen) atoms. The maximum atomic E-state index is 12.5. The zero-order valence-electron chi connectivity index (χ0n) is 12.3. The van der Waals surface area contributed by atoms with E-state index >= 15 is 0 Å². The zero-order valence-corrected chi connectivity index (χ0v) is 13.1. The van der Waals surface area contributed by atoms with E-state index in [1.54, 1.807) is 24.0 Å². The molecule has 1 unspecified atom stereocenters. The third kappa shape index (κ3) is 6.41. The Balaban J connectivity index is 2.72. The van der Waals surface area contributed by atoms with Crippen molar-refractivity contribution >= 4 is 17.7 Å². The predicted octanol–water partition coefficient (Wildman–Crippen LogP) is 2.04. The summed E-state index contributed by atoms with van der Waals surface area (Å²) in [6, 6.07) is 6.18. The summed E-state index contributed by atoms with van der Waals surface area (Å²) in [7, 11) is 3.62. The number of benzene rings is 1. The first-order chi connectivity index (χ1) is 9.71. The zero-order chi connectivity index (χ0) is 16.0. The van der Waals surface area contributed by atoms with Gasteiger partial charge in [-0.3, -0.25) is 4.79 Å². The number of alkyl halides is 2. The molecular formula is C14H20F2N2O2S. The molecule has 7 heteroatoms. The van der Waals surface area contributed by atoms with Crippen LogP contribution in [-0.2, 0) is 0 Å². The van der Waals surface area contributed by atoms with Crippen LogP contribution in [0.15, 0.2) is 29.2 Å². The summed E-state index contributed by atoms with van der Waals surface area (Å²) in [6.07, 6.45) is 0. The van der Waals surface area contributed by atoms with Gasteiger partial charge in [-0.15, -0.1) is 0 Å². The van der Waals surface area contributed by atoms with E-state index in [9.17, 15) is 18.7 Å². The van der Waals surface area contributed by atoms with Crippen LogP contribution in [0.3, 0.4) is 0 Å². The van der Waals surface area contributed by atoms with Crippen molar-refractivity contribution in [3.63, 3.8) is 0 Å². The van der Waals surface area contributed by atoms with Gasteiger partial charge < -0.3 is 15.3 Å². The SMILES string of the molecule is CN(C)CC(C)(O)CNC(=O)c1ccccc1SC(F)F. The fourth-order valence-corrected chi connectivity index (χ4v) is 2.59. The van der Waals surface area contributed by atoms with Crippen molar-refractivity contribution in [2.24, 2.45) is 0 Å². The summed E-state index contributed by atoms with van der Waals surface area (Å²) in [5.74, 6) is -3.06. The Morgan fingerprint density at radius 2 is 2.05 bits per heavy atom. The van der Waals surface area contributed by atoms with E-state index in [0.717, 1.165) is 0 Å². The fourth-order valence-electron chi connectivity index (χ4n) is 1.96. The first-order valence-electron chi connectivity index (χ1n) is 6.40. The molecule has 0 bridgehead atoms. The van der Waals surface area contributed by atoms with Gasteiger partial charge in [0.2, 0.25) is 0 Å². The molecule has 1 amide bonds. The van der Waals surface area contributed by atoms with Crippen LogP contribution < -0.4 is 5.32 Å². The van der Waals surface area contributed by atoms with Crippen LogP contribution in [0, 0.1) is 0 Å². The molecule has 2 N–H and O–H groups in total. The van der Waals surface area contributed by atoms with Crippen molar-refractivity contribution < 1.29 is 18.7 Å². The molecule has 0 saturated carbocycles. The third-order valence-electron chi connectivity index (χ3n) is 2.63. The van der Waals surface area contributed by atoms with Gasteiger partial charge in [0.05, 0.1) is 11.2 Å². The van der Waals surface area contributed by atoms with Gasteiger partial charge in [0.15, 0.2) is 0 Å². The maximum absolute atomic E-state index is 12.5. The van der Waals surface area contributed by atoms with Crippen molar-refractivity contribution in [3.8, 4) is 0 Å². The first kappa shape index (κ1) is 17.9. The Kier molecular flexibility index (Phi) is 6.57. The molecule has 0 saturated heterocycles. The molecule has 1 rings (SSSR count). The quantitative estimate of drug-likeness (QED) is 0.756. The highest BCUT2D eigenvalue weighted by atomic mass is 32.2. The highest BCUT2D eigenvalue weighted by Crippen LogP contribution is 2.28. The average Bonchev–Trinajstić information content (AvgIpc) is 2.34. The minimum Gasteiger partial charge on any atom is -0.387 e. The average molecular weight is 318 g/mol. The highest BCUT2D eigenvalue weighted by molar-refractivity contribution is 7.99. The van der Waals surface area contributed by atoms with Crippen molar-refractivity contribution in [2.45, 2.75) is 23.2 Å². The van der Waals surface area contributed by atoms with Gasteiger partial charge >= 0.3 is 0 Å². The molecule has 0 aliphatic rings. The number of rotatable bonds is 7. The van der Waals surface area contributed by atoms with Gasteiger partial charge in [-0.1, -0.05) is 23.9 Å². The van der Waals surface area contributed by atoms with E-state index in [1.807, 2.05) is 14.1 Å². The number of halogens is 2. The lowest BCUT2D eigenvalue weighted by Crippen LogP contribution is -2.47. The first-order valence-corrected chi connectivity index (χ1v) is 7.28. The van der Waals surface area contributed by atoms with Gasteiger partial charge in [0, 0.05) is 18.0 Å². The smallest absolute Gasteiger partial charge is 0.288 e. The lowest BCUT2D eigenvalue weighted by Gasteiger charge is -2.27. The number of carbonyl (C=O) groups is 1. The molecule has 0 aliphatic carbocycles. The Labute approximate surface area is 127 Å². The second kappa shape index (κ2) is 7.72. The number of hydrogen-bond acceptors (Lipinski definition) is 4. The Hall–Kier alpha value is -1.18. The van der Waals surface area contributed by atoms with Crippen LogP contribution in [0.2, 0.25) is 0 Å². The molecular weight excluding hydrogens is 298 g/mol. The molecule has 0 spiro atoms. The predicted molar refractivity (Wildman–Crippen MR) is 79.8 cm³/mol. The molecule has 1 aromatic rings. The number of nitrogens with one attached hydrogen (secondary N) is 1. The largest absolute Gasteiger partial charge is 0.387 e. The lowest BCUT2D eigenvalue weighted by molar-refractivity contribution is 0.0325. The lowest BCUT2D eigenvalue weighted by atomic mass is 10.1. The molecule has 0 heterocycles. The third-order valence-corrected chi connectivity index (χ3v) is 3.42. The summed E-state index contributed by atoms with van der Waals surface area (Å²) in [5, 5.41) is 12.7. The number of amides is 1. The van der Waals surface area contributed by atoms with E-state index in [1.165, 1.54) is 12.1 Å². The van der Waals surface area contributed by atoms with Crippen LogP contribution >= 0.6 is 11.8 Å². The standard InChI is InChI=1S/C14H20F2N2O2S/c1-14(20,9-18(2)3)8-17-12(19)10-6-4-5-7-11(10)21-13(15)16/h4-7,13,20H,8-9H2,1-3H3,(H,17,19). The number of thioether (sulfide) groups is 1. The number of carbonyl (C=O) groups excluding carboxylic acids is 1. The van der Waals surface area contributed by atoms with Crippen LogP contribution in [0.25, 0.3) is 0 Å². The topological polar surface area (TPSA) is 52.6 Å². The summed E-state index contributed by atoms with van der Waals surface area (Å²) in [4.78, 5) is 14.1. The molecule has 0 aliphatic heterocycles. The number of likely N-dealkylation sites (N-methyl/N-ethyl adjacent to an activating group) is 1. The van der Waals surface area contributed by atoms with Crippen molar-refractivity contribution in [1.29, 1.82) is 0 Å². The summed E-state index contributed by atoms with van der Waals surface area (Å²) in [6.45, 7) is 2.02. The Bertz CT molecular complexity index is 482. The number of nitrogens with zero attached hydrogens (tertiary/aromatic N) is 1. The summed E-state index contributed by atoms with van der Waals surface area (Å²) in [5.41, 5.74) is -0.910. The van der Waals surface area contributed by atoms with Gasteiger partial charge in [-0.05, 0) is 33.2 Å². The van der Waals surface area contributed by atoms with E-state index in [2.05, 4.69) is 5.32 Å². The van der Waals surface area contributed by atoms with Crippen molar-refractivity contribution in [2.75, 3.05) is 27.2 Å². The monoisotopic (exact) mass is 318 g/mol.